The second kappa shape index (κ2) is 8.14. The van der Waals surface area contributed by atoms with Gasteiger partial charge in [0.15, 0.2) is 0 Å². The molecule has 156 valence electrons. The quantitative estimate of drug-likeness (QED) is 0.495. The van der Waals surface area contributed by atoms with Crippen molar-refractivity contribution in [2.75, 3.05) is 0 Å². The smallest absolute Gasteiger partial charge is 0.272 e. The normalized spacial score (nSPS) is 14.4. The van der Waals surface area contributed by atoms with E-state index in [9.17, 15) is 4.79 Å². The van der Waals surface area contributed by atoms with Gasteiger partial charge in [-0.05, 0) is 43.5 Å². The SMILES string of the molecule is CC(NC(=O)c1ccn(Cc2ccccc2)n1)c1nc(-c2ccnc(C3CC3)c2)no1. The van der Waals surface area contributed by atoms with Gasteiger partial charge >= 0.3 is 0 Å². The van der Waals surface area contributed by atoms with E-state index in [0.29, 0.717) is 29.9 Å². The molecular weight excluding hydrogens is 392 g/mol. The molecule has 1 aliphatic rings. The Kier molecular flexibility index (Phi) is 5.03. The van der Waals surface area contributed by atoms with Crippen molar-refractivity contribution < 1.29 is 9.32 Å². The maximum atomic E-state index is 12.6. The Balaban J connectivity index is 1.24. The van der Waals surface area contributed by atoms with Crippen LogP contribution < -0.4 is 5.32 Å². The number of pyridine rings is 1. The monoisotopic (exact) mass is 414 g/mol. The summed E-state index contributed by atoms with van der Waals surface area (Å²) in [6.45, 7) is 2.41. The van der Waals surface area contributed by atoms with Crippen LogP contribution in [-0.2, 0) is 6.54 Å². The van der Waals surface area contributed by atoms with E-state index in [-0.39, 0.29) is 5.91 Å². The summed E-state index contributed by atoms with van der Waals surface area (Å²) in [5.74, 6) is 1.09. The van der Waals surface area contributed by atoms with E-state index < -0.39 is 6.04 Å². The number of rotatable bonds is 7. The summed E-state index contributed by atoms with van der Waals surface area (Å²) in [5, 5.41) is 11.3. The molecule has 0 saturated heterocycles. The van der Waals surface area contributed by atoms with Gasteiger partial charge in [0.25, 0.3) is 5.91 Å². The molecule has 1 amide bonds. The van der Waals surface area contributed by atoms with Gasteiger partial charge in [0, 0.05) is 29.6 Å². The minimum absolute atomic E-state index is 0.293. The number of carbonyl (C=O) groups is 1. The van der Waals surface area contributed by atoms with Crippen molar-refractivity contribution in [3.05, 3.63) is 83.8 Å². The van der Waals surface area contributed by atoms with Crippen LogP contribution in [0.1, 0.15) is 59.4 Å². The second-order valence-electron chi connectivity index (χ2n) is 7.78. The van der Waals surface area contributed by atoms with Crippen molar-refractivity contribution >= 4 is 5.91 Å². The molecule has 4 aromatic rings. The zero-order valence-electron chi connectivity index (χ0n) is 17.1. The van der Waals surface area contributed by atoms with Crippen LogP contribution in [0.25, 0.3) is 11.4 Å². The van der Waals surface area contributed by atoms with E-state index >= 15 is 0 Å². The van der Waals surface area contributed by atoms with E-state index in [4.69, 9.17) is 4.52 Å². The minimum Gasteiger partial charge on any atom is -0.339 e. The van der Waals surface area contributed by atoms with Gasteiger partial charge in [-0.1, -0.05) is 35.5 Å². The lowest BCUT2D eigenvalue weighted by Crippen LogP contribution is -2.27. The van der Waals surface area contributed by atoms with E-state index in [2.05, 4.69) is 25.5 Å². The maximum absolute atomic E-state index is 12.6. The van der Waals surface area contributed by atoms with Crippen LogP contribution in [0.5, 0.6) is 0 Å². The predicted molar refractivity (Wildman–Crippen MR) is 113 cm³/mol. The van der Waals surface area contributed by atoms with E-state index in [1.165, 1.54) is 12.8 Å². The molecule has 1 atom stereocenters. The molecule has 1 N–H and O–H groups in total. The van der Waals surface area contributed by atoms with Crippen LogP contribution in [0.3, 0.4) is 0 Å². The lowest BCUT2D eigenvalue weighted by atomic mass is 10.2. The van der Waals surface area contributed by atoms with Crippen molar-refractivity contribution in [3.63, 3.8) is 0 Å². The molecule has 3 aromatic heterocycles. The third-order valence-corrected chi connectivity index (χ3v) is 5.26. The van der Waals surface area contributed by atoms with Crippen LogP contribution >= 0.6 is 0 Å². The zero-order valence-corrected chi connectivity index (χ0v) is 17.1. The molecule has 0 radical (unpaired) electrons. The molecule has 0 bridgehead atoms. The van der Waals surface area contributed by atoms with Gasteiger partial charge in [-0.15, -0.1) is 0 Å². The molecule has 0 aliphatic heterocycles. The highest BCUT2D eigenvalue weighted by atomic mass is 16.5. The second-order valence-corrected chi connectivity index (χ2v) is 7.78. The summed E-state index contributed by atoms with van der Waals surface area (Å²) >= 11 is 0. The number of nitrogens with one attached hydrogen (secondary N) is 1. The molecule has 1 aromatic carbocycles. The Morgan fingerprint density at radius 2 is 2.06 bits per heavy atom. The number of nitrogens with zero attached hydrogens (tertiary/aromatic N) is 5. The lowest BCUT2D eigenvalue weighted by molar-refractivity contribution is 0.0926. The highest BCUT2D eigenvalue weighted by Gasteiger charge is 2.26. The Labute approximate surface area is 179 Å². The molecule has 1 unspecified atom stereocenters. The maximum Gasteiger partial charge on any atom is 0.272 e. The van der Waals surface area contributed by atoms with Gasteiger partial charge in [-0.25, -0.2) is 0 Å². The summed E-state index contributed by atoms with van der Waals surface area (Å²) in [6.07, 6.45) is 5.92. The first kappa shape index (κ1) is 19.2. The fourth-order valence-electron chi connectivity index (χ4n) is 3.39. The molecule has 1 saturated carbocycles. The van der Waals surface area contributed by atoms with Crippen molar-refractivity contribution in [2.24, 2.45) is 0 Å². The van der Waals surface area contributed by atoms with Crippen LogP contribution in [0.2, 0.25) is 0 Å². The molecule has 8 heteroatoms. The van der Waals surface area contributed by atoms with E-state index in [1.54, 1.807) is 30.1 Å². The standard InChI is InChI=1S/C23H22N6O2/c1-15(23-26-21(28-31-23)18-9-11-24-20(13-18)17-7-8-17)25-22(30)19-10-12-29(27-19)14-16-5-3-2-4-6-16/h2-6,9-13,15,17H,7-8,14H2,1H3,(H,25,30). The van der Waals surface area contributed by atoms with Gasteiger partial charge in [0.1, 0.15) is 11.7 Å². The Bertz CT molecular complexity index is 1200. The number of amides is 1. The first-order valence-electron chi connectivity index (χ1n) is 10.3. The molecule has 31 heavy (non-hydrogen) atoms. The Hall–Kier alpha value is -3.81. The Morgan fingerprint density at radius 1 is 1.23 bits per heavy atom. The zero-order chi connectivity index (χ0) is 21.2. The molecule has 3 heterocycles. The summed E-state index contributed by atoms with van der Waals surface area (Å²) < 4.78 is 7.13. The highest BCUT2D eigenvalue weighted by molar-refractivity contribution is 5.92. The summed E-state index contributed by atoms with van der Waals surface area (Å²) in [5.41, 5.74) is 3.39. The van der Waals surface area contributed by atoms with Gasteiger partial charge in [0.05, 0.1) is 6.54 Å². The summed E-state index contributed by atoms with van der Waals surface area (Å²) in [7, 11) is 0. The van der Waals surface area contributed by atoms with Gasteiger partial charge in [0.2, 0.25) is 11.7 Å². The van der Waals surface area contributed by atoms with Crippen molar-refractivity contribution in [1.82, 2.24) is 30.2 Å². The first-order chi connectivity index (χ1) is 15.2. The van der Waals surface area contributed by atoms with Crippen LogP contribution in [0.15, 0.2) is 65.4 Å². The van der Waals surface area contributed by atoms with Crippen LogP contribution in [0.4, 0.5) is 0 Å². The van der Waals surface area contributed by atoms with Gasteiger partial charge in [-0.2, -0.15) is 10.1 Å². The molecule has 1 aliphatic carbocycles. The number of aromatic nitrogens is 5. The minimum atomic E-state index is -0.447. The number of benzene rings is 1. The average molecular weight is 414 g/mol. The predicted octanol–water partition coefficient (Wildman–Crippen LogP) is 3.74. The molecule has 1 fully saturated rings. The molecule has 0 spiro atoms. The number of hydrogen-bond donors (Lipinski definition) is 1. The van der Waals surface area contributed by atoms with Crippen molar-refractivity contribution in [3.8, 4) is 11.4 Å². The number of hydrogen-bond acceptors (Lipinski definition) is 6. The summed E-state index contributed by atoms with van der Waals surface area (Å²) in [4.78, 5) is 21.5. The fraction of sp³-hybridized carbons (Fsp3) is 0.261. The number of carbonyl (C=O) groups excluding carboxylic acids is 1. The lowest BCUT2D eigenvalue weighted by Gasteiger charge is -2.08. The highest BCUT2D eigenvalue weighted by Crippen LogP contribution is 2.39. The van der Waals surface area contributed by atoms with Crippen LogP contribution in [0, 0.1) is 0 Å². The van der Waals surface area contributed by atoms with Gasteiger partial charge in [-0.3, -0.25) is 14.5 Å². The topological polar surface area (TPSA) is 98.7 Å². The first-order valence-corrected chi connectivity index (χ1v) is 10.3. The third-order valence-electron chi connectivity index (χ3n) is 5.26. The fourth-order valence-corrected chi connectivity index (χ4v) is 3.39. The largest absolute Gasteiger partial charge is 0.339 e. The van der Waals surface area contributed by atoms with E-state index in [1.807, 2.05) is 42.5 Å². The van der Waals surface area contributed by atoms with E-state index in [0.717, 1.165) is 16.8 Å². The third kappa shape index (κ3) is 4.37. The summed E-state index contributed by atoms with van der Waals surface area (Å²) in [6, 6.07) is 15.1. The Morgan fingerprint density at radius 3 is 2.87 bits per heavy atom. The molecular formula is C23H22N6O2. The van der Waals surface area contributed by atoms with Gasteiger partial charge < -0.3 is 9.84 Å². The van der Waals surface area contributed by atoms with Crippen molar-refractivity contribution in [1.29, 1.82) is 0 Å². The molecule has 5 rings (SSSR count). The average Bonchev–Trinajstić information content (AvgIpc) is 3.33. The van der Waals surface area contributed by atoms with Crippen molar-refractivity contribution in [2.45, 2.75) is 38.3 Å². The van der Waals surface area contributed by atoms with Crippen LogP contribution in [-0.4, -0.2) is 30.8 Å². The molecule has 8 nitrogen and oxygen atoms in total.